The molecule has 0 spiro atoms. The van der Waals surface area contributed by atoms with E-state index in [0.717, 1.165) is 44.1 Å². The minimum Gasteiger partial charge on any atom is -0.506 e. The van der Waals surface area contributed by atoms with Gasteiger partial charge in [-0.15, -0.1) is 0 Å². The van der Waals surface area contributed by atoms with E-state index in [1.807, 2.05) is 6.07 Å². The second-order valence-electron chi connectivity index (χ2n) is 3.87. The maximum atomic E-state index is 9.64. The molecule has 1 aromatic heterocycles. The molecule has 1 aromatic rings. The molecule has 0 saturated heterocycles. The van der Waals surface area contributed by atoms with Crippen LogP contribution < -0.4 is 16.0 Å². The van der Waals surface area contributed by atoms with E-state index in [1.165, 1.54) is 0 Å². The van der Waals surface area contributed by atoms with Gasteiger partial charge in [-0.2, -0.15) is 0 Å². The summed E-state index contributed by atoms with van der Waals surface area (Å²) in [5.41, 5.74) is 1.69. The van der Waals surface area contributed by atoms with Crippen molar-refractivity contribution < 1.29 is 5.11 Å². The first-order valence-electron chi connectivity index (χ1n) is 5.66. The second-order valence-corrected chi connectivity index (χ2v) is 3.87. The number of nitrogens with one attached hydrogen (secondary N) is 3. The highest BCUT2D eigenvalue weighted by Crippen LogP contribution is 2.14. The van der Waals surface area contributed by atoms with Crippen molar-refractivity contribution >= 4 is 0 Å². The number of aromatic nitrogens is 1. The van der Waals surface area contributed by atoms with Gasteiger partial charge in [-0.05, 0) is 12.1 Å². The van der Waals surface area contributed by atoms with Gasteiger partial charge in [0.1, 0.15) is 5.75 Å². The minimum absolute atomic E-state index is 0.265. The van der Waals surface area contributed by atoms with Crippen LogP contribution in [0.1, 0.15) is 11.4 Å². The third-order valence-corrected chi connectivity index (χ3v) is 2.56. The first kappa shape index (κ1) is 11.3. The van der Waals surface area contributed by atoms with Crippen LogP contribution in [0.25, 0.3) is 0 Å². The Balaban J connectivity index is 2.09. The molecule has 88 valence electrons. The molecule has 5 nitrogen and oxygen atoms in total. The standard InChI is InChI=1S/C11H18N4O/c16-11-2-1-9-7-13-5-3-12-4-6-14-8-10(11)15-9/h1-2,12-14,16H,3-8H2. The zero-order valence-electron chi connectivity index (χ0n) is 9.29. The van der Waals surface area contributed by atoms with Crippen molar-refractivity contribution in [3.63, 3.8) is 0 Å². The largest absolute Gasteiger partial charge is 0.506 e. The van der Waals surface area contributed by atoms with Crippen molar-refractivity contribution in [3.8, 4) is 5.75 Å². The Hall–Kier alpha value is -1.17. The Bertz CT molecular complexity index is 343. The Morgan fingerprint density at radius 2 is 1.62 bits per heavy atom. The van der Waals surface area contributed by atoms with E-state index in [4.69, 9.17) is 0 Å². The van der Waals surface area contributed by atoms with Crippen LogP contribution in [0, 0.1) is 0 Å². The fourth-order valence-corrected chi connectivity index (χ4v) is 1.67. The molecule has 4 N–H and O–H groups in total. The highest BCUT2D eigenvalue weighted by molar-refractivity contribution is 5.27. The van der Waals surface area contributed by atoms with Crippen molar-refractivity contribution in [1.82, 2.24) is 20.9 Å². The highest BCUT2D eigenvalue weighted by atomic mass is 16.3. The van der Waals surface area contributed by atoms with Crippen LogP contribution in [-0.4, -0.2) is 36.3 Å². The van der Waals surface area contributed by atoms with E-state index in [0.29, 0.717) is 6.54 Å². The Morgan fingerprint density at radius 1 is 0.938 bits per heavy atom. The van der Waals surface area contributed by atoms with Crippen LogP contribution in [0.15, 0.2) is 12.1 Å². The van der Waals surface area contributed by atoms with E-state index in [2.05, 4.69) is 20.9 Å². The second kappa shape index (κ2) is 5.79. The van der Waals surface area contributed by atoms with Gasteiger partial charge in [0, 0.05) is 39.3 Å². The van der Waals surface area contributed by atoms with Gasteiger partial charge in [0.25, 0.3) is 0 Å². The Kier molecular flexibility index (Phi) is 4.10. The molecular formula is C11H18N4O. The molecule has 1 aliphatic rings. The van der Waals surface area contributed by atoms with Crippen LogP contribution in [0.3, 0.4) is 0 Å². The fraction of sp³-hybridized carbons (Fsp3) is 0.545. The molecule has 1 aliphatic heterocycles. The maximum absolute atomic E-state index is 9.64. The molecule has 0 aromatic carbocycles. The van der Waals surface area contributed by atoms with Crippen molar-refractivity contribution in [2.45, 2.75) is 13.1 Å². The molecule has 0 aliphatic carbocycles. The molecule has 2 rings (SSSR count). The summed E-state index contributed by atoms with van der Waals surface area (Å²) in [6.07, 6.45) is 0. The summed E-state index contributed by atoms with van der Waals surface area (Å²) in [6.45, 7) is 5.06. The molecule has 0 unspecified atom stereocenters. The normalized spacial score (nSPS) is 18.5. The molecule has 0 amide bonds. The smallest absolute Gasteiger partial charge is 0.138 e. The minimum atomic E-state index is 0.265. The van der Waals surface area contributed by atoms with E-state index >= 15 is 0 Å². The quantitative estimate of drug-likeness (QED) is 0.479. The molecule has 0 atom stereocenters. The fourth-order valence-electron chi connectivity index (χ4n) is 1.67. The predicted molar refractivity (Wildman–Crippen MR) is 62.2 cm³/mol. The number of hydrogen-bond acceptors (Lipinski definition) is 5. The van der Waals surface area contributed by atoms with Gasteiger partial charge in [-0.3, -0.25) is 4.98 Å². The van der Waals surface area contributed by atoms with Crippen molar-refractivity contribution in [2.24, 2.45) is 0 Å². The van der Waals surface area contributed by atoms with Crippen LogP contribution in [0.4, 0.5) is 0 Å². The molecule has 2 heterocycles. The summed E-state index contributed by atoms with van der Waals surface area (Å²) in [5, 5.41) is 19.5. The highest BCUT2D eigenvalue weighted by Gasteiger charge is 2.05. The number of hydrogen-bond donors (Lipinski definition) is 4. The Morgan fingerprint density at radius 3 is 2.44 bits per heavy atom. The average Bonchev–Trinajstić information content (AvgIpc) is 2.28. The molecular weight excluding hydrogens is 204 g/mol. The molecule has 5 heteroatoms. The summed E-state index contributed by atoms with van der Waals surface area (Å²) >= 11 is 0. The van der Waals surface area contributed by atoms with Crippen molar-refractivity contribution in [2.75, 3.05) is 26.2 Å². The van der Waals surface area contributed by atoms with Crippen molar-refractivity contribution in [1.29, 1.82) is 0 Å². The zero-order chi connectivity index (χ0) is 11.2. The summed E-state index contributed by atoms with van der Waals surface area (Å²) in [5.74, 6) is 0.265. The molecule has 0 radical (unpaired) electrons. The lowest BCUT2D eigenvalue weighted by molar-refractivity contribution is 0.456. The van der Waals surface area contributed by atoms with E-state index in [-0.39, 0.29) is 5.75 Å². The maximum Gasteiger partial charge on any atom is 0.138 e. The third kappa shape index (κ3) is 3.16. The van der Waals surface area contributed by atoms with Gasteiger partial charge in [0.2, 0.25) is 0 Å². The van der Waals surface area contributed by atoms with Gasteiger partial charge >= 0.3 is 0 Å². The van der Waals surface area contributed by atoms with Crippen molar-refractivity contribution in [3.05, 3.63) is 23.5 Å². The topological polar surface area (TPSA) is 69.2 Å². The third-order valence-electron chi connectivity index (χ3n) is 2.56. The average molecular weight is 222 g/mol. The van der Waals surface area contributed by atoms with Crippen LogP contribution in [-0.2, 0) is 13.1 Å². The van der Waals surface area contributed by atoms with Gasteiger partial charge < -0.3 is 21.1 Å². The molecule has 2 bridgehead atoms. The lowest BCUT2D eigenvalue weighted by Crippen LogP contribution is -2.33. The van der Waals surface area contributed by atoms with Gasteiger partial charge in [-0.25, -0.2) is 0 Å². The predicted octanol–water partition coefficient (Wildman–Crippen LogP) is -0.430. The van der Waals surface area contributed by atoms with Crippen LogP contribution in [0.2, 0.25) is 0 Å². The first-order chi connectivity index (χ1) is 7.86. The summed E-state index contributed by atoms with van der Waals surface area (Å²) in [4.78, 5) is 4.41. The van der Waals surface area contributed by atoms with Crippen LogP contribution >= 0.6 is 0 Å². The number of rotatable bonds is 0. The summed E-state index contributed by atoms with van der Waals surface area (Å²) in [6, 6.07) is 3.57. The molecule has 16 heavy (non-hydrogen) atoms. The van der Waals surface area contributed by atoms with Crippen LogP contribution in [0.5, 0.6) is 5.75 Å². The SMILES string of the molecule is Oc1ccc2nc1CNCCNCCNC2. The van der Waals surface area contributed by atoms with Gasteiger partial charge in [0.05, 0.1) is 11.4 Å². The number of pyridine rings is 1. The zero-order valence-corrected chi connectivity index (χ0v) is 9.29. The van der Waals surface area contributed by atoms with Gasteiger partial charge in [-0.1, -0.05) is 0 Å². The Labute approximate surface area is 95.3 Å². The summed E-state index contributed by atoms with van der Waals surface area (Å²) in [7, 11) is 0. The lowest BCUT2D eigenvalue weighted by atomic mass is 10.2. The monoisotopic (exact) mass is 222 g/mol. The first-order valence-corrected chi connectivity index (χ1v) is 5.66. The van der Waals surface area contributed by atoms with Gasteiger partial charge in [0.15, 0.2) is 0 Å². The number of aromatic hydroxyl groups is 1. The van der Waals surface area contributed by atoms with E-state index in [1.54, 1.807) is 6.07 Å². The lowest BCUT2D eigenvalue weighted by Gasteiger charge is -2.12. The van der Waals surface area contributed by atoms with E-state index < -0.39 is 0 Å². The number of nitrogens with zero attached hydrogens (tertiary/aromatic N) is 1. The van der Waals surface area contributed by atoms with E-state index in [9.17, 15) is 5.11 Å². The molecule has 0 saturated carbocycles. The molecule has 0 fully saturated rings. The number of fused-ring (bicyclic) bond motifs is 2. The summed E-state index contributed by atoms with van der Waals surface area (Å²) < 4.78 is 0.